The van der Waals surface area contributed by atoms with Crippen LogP contribution in [-0.4, -0.2) is 23.4 Å². The second-order valence-corrected chi connectivity index (χ2v) is 5.14. The van der Waals surface area contributed by atoms with E-state index < -0.39 is 0 Å². The molecule has 0 spiro atoms. The molecular weight excluding hydrogens is 279 g/mol. The lowest BCUT2D eigenvalue weighted by Crippen LogP contribution is -2.43. The highest BCUT2D eigenvalue weighted by Crippen LogP contribution is 2.24. The fraction of sp³-hybridized carbons (Fsp3) is 0.533. The summed E-state index contributed by atoms with van der Waals surface area (Å²) in [5.41, 5.74) is 6.46. The monoisotopic (exact) mass is 300 g/mol. The summed E-state index contributed by atoms with van der Waals surface area (Å²) in [6, 6.07) is 6.61. The number of carbonyl (C=O) groups is 1. The largest absolute Gasteiger partial charge is 0.334 e. The molecule has 1 saturated carbocycles. The van der Waals surface area contributed by atoms with E-state index in [1.54, 1.807) is 12.1 Å². The predicted molar refractivity (Wildman–Crippen MR) is 80.1 cm³/mol. The van der Waals surface area contributed by atoms with E-state index in [1.807, 2.05) is 4.90 Å². The maximum absolute atomic E-state index is 12.9. The van der Waals surface area contributed by atoms with Gasteiger partial charge in [0.1, 0.15) is 5.82 Å². The van der Waals surface area contributed by atoms with Gasteiger partial charge in [0.15, 0.2) is 0 Å². The molecule has 2 rings (SSSR count). The molecule has 1 aromatic rings. The highest BCUT2D eigenvalue weighted by Gasteiger charge is 2.24. The molecule has 112 valence electrons. The first-order valence-electron chi connectivity index (χ1n) is 6.94. The Bertz CT molecular complexity index is 418. The molecule has 3 nitrogen and oxygen atoms in total. The van der Waals surface area contributed by atoms with E-state index >= 15 is 0 Å². The number of hydrogen-bond donors (Lipinski definition) is 1. The van der Waals surface area contributed by atoms with Gasteiger partial charge in [-0.2, -0.15) is 0 Å². The van der Waals surface area contributed by atoms with Crippen molar-refractivity contribution in [2.75, 3.05) is 6.54 Å². The van der Waals surface area contributed by atoms with E-state index in [4.69, 9.17) is 5.73 Å². The molecular formula is C15H22ClFN2O. The van der Waals surface area contributed by atoms with Crippen LogP contribution in [0.5, 0.6) is 0 Å². The lowest BCUT2D eigenvalue weighted by molar-refractivity contribution is -0.133. The van der Waals surface area contributed by atoms with Crippen molar-refractivity contribution in [2.24, 2.45) is 5.73 Å². The van der Waals surface area contributed by atoms with Crippen molar-refractivity contribution in [3.63, 3.8) is 0 Å². The smallest absolute Gasteiger partial charge is 0.236 e. The summed E-state index contributed by atoms with van der Waals surface area (Å²) < 4.78 is 12.9. The van der Waals surface area contributed by atoms with Gasteiger partial charge in [-0.15, -0.1) is 12.4 Å². The standard InChI is InChI=1S/C15H21FN2O.ClH/c16-13-8-6-12(7-9-13)11-18(15(19)10-17)14-4-2-1-3-5-14;/h6-9,14H,1-5,10-11,17H2;1H. The fourth-order valence-corrected chi connectivity index (χ4v) is 2.72. The van der Waals surface area contributed by atoms with E-state index in [2.05, 4.69) is 0 Å². The molecule has 0 aromatic heterocycles. The third-order valence-electron chi connectivity index (χ3n) is 3.78. The van der Waals surface area contributed by atoms with Gasteiger partial charge in [0.25, 0.3) is 0 Å². The van der Waals surface area contributed by atoms with Crippen LogP contribution in [0, 0.1) is 5.82 Å². The number of nitrogens with two attached hydrogens (primary N) is 1. The molecule has 0 radical (unpaired) electrons. The molecule has 0 saturated heterocycles. The lowest BCUT2D eigenvalue weighted by atomic mass is 9.93. The fourth-order valence-electron chi connectivity index (χ4n) is 2.72. The first kappa shape index (κ1) is 16.9. The van der Waals surface area contributed by atoms with Crippen LogP contribution < -0.4 is 5.73 Å². The van der Waals surface area contributed by atoms with Gasteiger partial charge in [0.05, 0.1) is 6.54 Å². The molecule has 1 aliphatic carbocycles. The Kier molecular flexibility index (Phi) is 6.96. The third-order valence-corrected chi connectivity index (χ3v) is 3.78. The molecule has 1 aromatic carbocycles. The Morgan fingerprint density at radius 2 is 1.80 bits per heavy atom. The van der Waals surface area contributed by atoms with Crippen LogP contribution in [0.25, 0.3) is 0 Å². The Balaban J connectivity index is 0.00000200. The van der Waals surface area contributed by atoms with E-state index in [-0.39, 0.29) is 36.7 Å². The number of carbonyl (C=O) groups excluding carboxylic acids is 1. The minimum absolute atomic E-state index is 0. The summed E-state index contributed by atoms with van der Waals surface area (Å²) in [6.45, 7) is 0.568. The number of nitrogens with zero attached hydrogens (tertiary/aromatic N) is 1. The number of halogens is 2. The molecule has 0 heterocycles. The van der Waals surface area contributed by atoms with Gasteiger partial charge in [0.2, 0.25) is 5.91 Å². The topological polar surface area (TPSA) is 46.3 Å². The minimum atomic E-state index is -0.252. The predicted octanol–water partition coefficient (Wildman–Crippen LogP) is 2.87. The Hall–Kier alpha value is -1.13. The molecule has 0 unspecified atom stereocenters. The van der Waals surface area contributed by atoms with Gasteiger partial charge in [-0.1, -0.05) is 31.4 Å². The van der Waals surface area contributed by atoms with Crippen LogP contribution in [0.3, 0.4) is 0 Å². The van der Waals surface area contributed by atoms with Crippen molar-refractivity contribution < 1.29 is 9.18 Å². The summed E-state index contributed by atoms with van der Waals surface area (Å²) in [5, 5.41) is 0. The average molecular weight is 301 g/mol. The molecule has 2 N–H and O–H groups in total. The molecule has 0 aliphatic heterocycles. The van der Waals surface area contributed by atoms with Crippen molar-refractivity contribution in [3.8, 4) is 0 Å². The SMILES string of the molecule is Cl.NCC(=O)N(Cc1ccc(F)cc1)C1CCCCC1. The first-order chi connectivity index (χ1) is 9.20. The van der Waals surface area contributed by atoms with Gasteiger partial charge in [-0.3, -0.25) is 4.79 Å². The molecule has 1 aliphatic rings. The normalized spacial score (nSPS) is 15.5. The zero-order chi connectivity index (χ0) is 13.7. The zero-order valence-corrected chi connectivity index (χ0v) is 12.4. The number of hydrogen-bond acceptors (Lipinski definition) is 2. The van der Waals surface area contributed by atoms with Crippen molar-refractivity contribution in [2.45, 2.75) is 44.7 Å². The Labute approximate surface area is 125 Å². The first-order valence-corrected chi connectivity index (χ1v) is 6.94. The van der Waals surface area contributed by atoms with Crippen molar-refractivity contribution in [1.82, 2.24) is 4.90 Å². The summed E-state index contributed by atoms with van der Waals surface area (Å²) in [7, 11) is 0. The van der Waals surface area contributed by atoms with Gasteiger partial charge < -0.3 is 10.6 Å². The minimum Gasteiger partial charge on any atom is -0.334 e. The number of rotatable bonds is 4. The molecule has 1 amide bonds. The van der Waals surface area contributed by atoms with Crippen LogP contribution in [0.4, 0.5) is 4.39 Å². The van der Waals surface area contributed by atoms with Crippen molar-refractivity contribution in [3.05, 3.63) is 35.6 Å². The lowest BCUT2D eigenvalue weighted by Gasteiger charge is -2.34. The zero-order valence-electron chi connectivity index (χ0n) is 11.6. The van der Waals surface area contributed by atoms with E-state index in [9.17, 15) is 9.18 Å². The van der Waals surface area contributed by atoms with Gasteiger partial charge >= 0.3 is 0 Å². The molecule has 1 fully saturated rings. The number of amides is 1. The number of benzene rings is 1. The van der Waals surface area contributed by atoms with E-state index in [0.29, 0.717) is 6.54 Å². The highest BCUT2D eigenvalue weighted by molar-refractivity contribution is 5.85. The maximum Gasteiger partial charge on any atom is 0.236 e. The maximum atomic E-state index is 12.9. The summed E-state index contributed by atoms with van der Waals surface area (Å²) in [5.74, 6) is -0.269. The molecule has 0 bridgehead atoms. The van der Waals surface area contributed by atoms with Crippen LogP contribution in [0.15, 0.2) is 24.3 Å². The van der Waals surface area contributed by atoms with Crippen LogP contribution in [0.1, 0.15) is 37.7 Å². The van der Waals surface area contributed by atoms with Gasteiger partial charge in [-0.25, -0.2) is 4.39 Å². The van der Waals surface area contributed by atoms with Crippen LogP contribution in [-0.2, 0) is 11.3 Å². The summed E-state index contributed by atoms with van der Waals surface area (Å²) in [6.07, 6.45) is 5.68. The van der Waals surface area contributed by atoms with Crippen molar-refractivity contribution in [1.29, 1.82) is 0 Å². The third kappa shape index (κ3) is 4.46. The summed E-state index contributed by atoms with van der Waals surface area (Å²) >= 11 is 0. The Morgan fingerprint density at radius 1 is 1.20 bits per heavy atom. The van der Waals surface area contributed by atoms with Crippen LogP contribution >= 0.6 is 12.4 Å². The van der Waals surface area contributed by atoms with Crippen molar-refractivity contribution >= 4 is 18.3 Å². The summed E-state index contributed by atoms with van der Waals surface area (Å²) in [4.78, 5) is 13.9. The average Bonchev–Trinajstić information content (AvgIpc) is 2.47. The van der Waals surface area contributed by atoms with Crippen LogP contribution in [0.2, 0.25) is 0 Å². The van der Waals surface area contributed by atoms with E-state index in [0.717, 1.165) is 18.4 Å². The molecule has 5 heteroatoms. The Morgan fingerprint density at radius 3 is 2.35 bits per heavy atom. The quantitative estimate of drug-likeness (QED) is 0.929. The highest BCUT2D eigenvalue weighted by atomic mass is 35.5. The van der Waals surface area contributed by atoms with Gasteiger partial charge in [0, 0.05) is 12.6 Å². The second kappa shape index (κ2) is 8.22. The molecule has 0 atom stereocenters. The van der Waals surface area contributed by atoms with E-state index in [1.165, 1.54) is 31.4 Å². The molecule has 20 heavy (non-hydrogen) atoms. The second-order valence-electron chi connectivity index (χ2n) is 5.14. The van der Waals surface area contributed by atoms with Gasteiger partial charge in [-0.05, 0) is 30.5 Å².